The summed E-state index contributed by atoms with van der Waals surface area (Å²) >= 11 is 0. The Balaban J connectivity index is 0.000000238. The fourth-order valence-electron chi connectivity index (χ4n) is 7.00. The lowest BCUT2D eigenvalue weighted by atomic mass is 9.97. The first-order valence-electron chi connectivity index (χ1n) is 15.7. The molecule has 9 heteroatoms. The van der Waals surface area contributed by atoms with E-state index in [1.165, 1.54) is 10.8 Å². The number of carbonyl (C=O) groups is 1. The average molecular weight is 656 g/mol. The summed E-state index contributed by atoms with van der Waals surface area (Å²) in [6, 6.07) is 34.9. The van der Waals surface area contributed by atoms with Crippen LogP contribution in [0.4, 0.5) is 11.5 Å². The number of ether oxygens (including phenoxy) is 1. The average Bonchev–Trinajstić information content (AvgIpc) is 3.05. The minimum absolute atomic E-state index is 0.0851. The van der Waals surface area contributed by atoms with Crippen LogP contribution in [0.2, 0.25) is 0 Å². The second kappa shape index (κ2) is 12.0. The van der Waals surface area contributed by atoms with E-state index in [0.717, 1.165) is 55.2 Å². The van der Waals surface area contributed by atoms with Gasteiger partial charge in [0.1, 0.15) is 21.3 Å². The minimum Gasteiger partial charge on any atom is -0.744 e. The standard InChI is InChI=1S/C30H22N3O2.C9H12O3S/c1-2-35-28(34)18-32-25-15-7-9-19-10-8-16-26(29(19)25)33-27(32)17-24-22-13-4-3-11-20(22)21-12-5-6-14-23(21)30(24)31-33;1-6-4-7(2)9(8(3)5-6)13(10,11)12/h3-17H,2,18H2,1H3;4-5H,1-3H3,(H,10,11,12)/q+1;/p-1. The molecule has 0 radical (unpaired) electrons. The molecule has 1 aromatic heterocycles. The molecule has 6 aromatic carbocycles. The van der Waals surface area contributed by atoms with Crippen LogP contribution in [0.1, 0.15) is 23.6 Å². The molecule has 7 aromatic rings. The molecule has 0 N–H and O–H groups in total. The van der Waals surface area contributed by atoms with Gasteiger partial charge in [-0.2, -0.15) is 0 Å². The highest BCUT2D eigenvalue weighted by atomic mass is 32.2. The van der Waals surface area contributed by atoms with Gasteiger partial charge in [0.05, 0.1) is 16.9 Å². The summed E-state index contributed by atoms with van der Waals surface area (Å²) in [6.07, 6.45) is 0. The summed E-state index contributed by atoms with van der Waals surface area (Å²) < 4.78 is 39.8. The zero-order chi connectivity index (χ0) is 33.7. The molecule has 8 nitrogen and oxygen atoms in total. The van der Waals surface area contributed by atoms with Gasteiger partial charge in [-0.05, 0) is 72.5 Å². The Labute approximate surface area is 278 Å². The Morgan fingerprint density at radius 2 is 1.38 bits per heavy atom. The predicted molar refractivity (Wildman–Crippen MR) is 188 cm³/mol. The van der Waals surface area contributed by atoms with Crippen molar-refractivity contribution in [2.24, 2.45) is 0 Å². The molecule has 48 heavy (non-hydrogen) atoms. The van der Waals surface area contributed by atoms with Crippen molar-refractivity contribution in [3.63, 3.8) is 0 Å². The molecule has 8 rings (SSSR count). The van der Waals surface area contributed by atoms with E-state index in [9.17, 15) is 17.8 Å². The number of rotatable bonds is 4. The quantitative estimate of drug-likeness (QED) is 0.0837. The van der Waals surface area contributed by atoms with E-state index in [4.69, 9.17) is 9.84 Å². The SMILES string of the molecule is CCOC(=O)CN1c2cccc3cccc(c23)-[n+]2nc3c4ccccc4c4ccccc4c3cc21.Cc1cc(C)c(S(=O)(=O)[O-])c(C)c1. The molecule has 0 amide bonds. The molecule has 0 bridgehead atoms. The fourth-order valence-corrected chi connectivity index (χ4v) is 7.91. The molecule has 0 saturated carbocycles. The van der Waals surface area contributed by atoms with Crippen molar-refractivity contribution in [3.05, 3.63) is 120 Å². The van der Waals surface area contributed by atoms with Crippen LogP contribution in [-0.4, -0.2) is 37.2 Å². The highest BCUT2D eigenvalue weighted by Crippen LogP contribution is 2.40. The van der Waals surface area contributed by atoms with Crippen LogP contribution < -0.4 is 9.58 Å². The number of fused-ring (bicyclic) bond motifs is 8. The van der Waals surface area contributed by atoms with E-state index in [1.807, 2.05) is 29.5 Å². The molecule has 0 atom stereocenters. The van der Waals surface area contributed by atoms with E-state index in [1.54, 1.807) is 26.0 Å². The van der Waals surface area contributed by atoms with Crippen molar-refractivity contribution >= 4 is 70.8 Å². The first-order chi connectivity index (χ1) is 23.1. The Hall–Kier alpha value is -5.38. The summed E-state index contributed by atoms with van der Waals surface area (Å²) in [4.78, 5) is 14.7. The highest BCUT2D eigenvalue weighted by molar-refractivity contribution is 7.85. The summed E-state index contributed by atoms with van der Waals surface area (Å²) in [6.45, 7) is 7.41. The van der Waals surface area contributed by atoms with Crippen molar-refractivity contribution in [2.45, 2.75) is 32.6 Å². The van der Waals surface area contributed by atoms with Crippen LogP contribution in [0.15, 0.2) is 108 Å². The van der Waals surface area contributed by atoms with Gasteiger partial charge in [0.2, 0.25) is 0 Å². The maximum absolute atomic E-state index is 12.7. The maximum Gasteiger partial charge on any atom is 0.348 e. The minimum atomic E-state index is -4.33. The summed E-state index contributed by atoms with van der Waals surface area (Å²) in [7, 11) is -4.33. The van der Waals surface area contributed by atoms with Crippen LogP contribution >= 0.6 is 0 Å². The van der Waals surface area contributed by atoms with Crippen LogP contribution in [0.25, 0.3) is 48.9 Å². The Kier molecular flexibility index (Phi) is 7.81. The lowest BCUT2D eigenvalue weighted by Crippen LogP contribution is -2.46. The molecule has 240 valence electrons. The molecule has 1 aliphatic rings. The number of carbonyl (C=O) groups excluding carboxylic acids is 1. The Morgan fingerprint density at radius 1 is 0.792 bits per heavy atom. The predicted octanol–water partition coefficient (Wildman–Crippen LogP) is 7.50. The number of aryl methyl sites for hydroxylation is 3. The lowest BCUT2D eigenvalue weighted by molar-refractivity contribution is -0.643. The van der Waals surface area contributed by atoms with E-state index in [-0.39, 0.29) is 17.4 Å². The normalized spacial score (nSPS) is 12.2. The number of esters is 1. The van der Waals surface area contributed by atoms with Gasteiger partial charge in [-0.25, -0.2) is 18.1 Å². The van der Waals surface area contributed by atoms with Gasteiger partial charge in [-0.3, -0.25) is 0 Å². The molecule has 1 aliphatic heterocycles. The third kappa shape index (κ3) is 5.31. The summed E-state index contributed by atoms with van der Waals surface area (Å²) in [5.41, 5.74) is 4.93. The van der Waals surface area contributed by atoms with Crippen molar-refractivity contribution in [3.8, 4) is 5.69 Å². The smallest absolute Gasteiger partial charge is 0.348 e. The van der Waals surface area contributed by atoms with Gasteiger partial charge in [-0.1, -0.05) is 100 Å². The highest BCUT2D eigenvalue weighted by Gasteiger charge is 2.36. The van der Waals surface area contributed by atoms with Gasteiger partial charge in [0.25, 0.3) is 0 Å². The molecule has 0 aliphatic carbocycles. The van der Waals surface area contributed by atoms with Crippen LogP contribution in [0.3, 0.4) is 0 Å². The van der Waals surface area contributed by atoms with E-state index >= 15 is 0 Å². The summed E-state index contributed by atoms with van der Waals surface area (Å²) in [5, 5.41) is 13.1. The van der Waals surface area contributed by atoms with E-state index in [2.05, 4.69) is 84.9 Å². The second-order valence-electron chi connectivity index (χ2n) is 12.0. The van der Waals surface area contributed by atoms with Crippen LogP contribution in [0, 0.1) is 20.8 Å². The first kappa shape index (κ1) is 31.2. The summed E-state index contributed by atoms with van der Waals surface area (Å²) in [5.74, 6) is 0.580. The van der Waals surface area contributed by atoms with Gasteiger partial charge in [0.15, 0.2) is 12.2 Å². The first-order valence-corrected chi connectivity index (χ1v) is 17.1. The zero-order valence-corrected chi connectivity index (χ0v) is 27.8. The van der Waals surface area contributed by atoms with E-state index in [0.29, 0.717) is 17.7 Å². The van der Waals surface area contributed by atoms with Crippen LogP contribution in [-0.2, 0) is 19.6 Å². The van der Waals surface area contributed by atoms with Crippen molar-refractivity contribution in [1.29, 1.82) is 0 Å². The zero-order valence-electron chi connectivity index (χ0n) is 27.0. The Bertz CT molecular complexity index is 2520. The lowest BCUT2D eigenvalue weighted by Gasteiger charge is -2.25. The third-order valence-electron chi connectivity index (χ3n) is 8.74. The number of hydrogen-bond acceptors (Lipinski definition) is 7. The van der Waals surface area contributed by atoms with Gasteiger partial charge < -0.3 is 9.29 Å². The molecule has 0 unspecified atom stereocenters. The van der Waals surface area contributed by atoms with Crippen molar-refractivity contribution in [2.75, 3.05) is 18.1 Å². The molecular formula is C39H33N3O5S. The number of aromatic nitrogens is 2. The number of anilines is 2. The number of nitrogens with zero attached hydrogens (tertiary/aromatic N) is 3. The molecule has 0 saturated heterocycles. The van der Waals surface area contributed by atoms with Gasteiger partial charge >= 0.3 is 11.8 Å². The third-order valence-corrected chi connectivity index (χ3v) is 9.88. The number of benzene rings is 6. The van der Waals surface area contributed by atoms with Crippen molar-refractivity contribution in [1.82, 2.24) is 5.10 Å². The Morgan fingerprint density at radius 3 is 2.00 bits per heavy atom. The molecule has 0 fully saturated rings. The fraction of sp³-hybridized carbons (Fsp3) is 0.154. The topological polar surface area (TPSA) is 104 Å². The molecule has 2 heterocycles. The van der Waals surface area contributed by atoms with Gasteiger partial charge in [-0.15, -0.1) is 0 Å². The largest absolute Gasteiger partial charge is 0.744 e. The molecule has 0 spiro atoms. The van der Waals surface area contributed by atoms with Crippen LogP contribution in [0.5, 0.6) is 0 Å². The van der Waals surface area contributed by atoms with E-state index < -0.39 is 10.1 Å². The second-order valence-corrected chi connectivity index (χ2v) is 13.3. The maximum atomic E-state index is 12.7. The van der Waals surface area contributed by atoms with Crippen molar-refractivity contribution < 1.29 is 27.2 Å². The number of hydrogen-bond donors (Lipinski definition) is 0. The van der Waals surface area contributed by atoms with Gasteiger partial charge in [0, 0.05) is 16.8 Å². The molecular weight excluding hydrogens is 623 g/mol. The monoisotopic (exact) mass is 655 g/mol.